The van der Waals surface area contributed by atoms with Crippen LogP contribution in [0.15, 0.2) is 36.5 Å². The first-order chi connectivity index (χ1) is 12.9. The van der Waals surface area contributed by atoms with E-state index in [1.54, 1.807) is 18.3 Å². The summed E-state index contributed by atoms with van der Waals surface area (Å²) in [6, 6.07) is 7.30. The second-order valence-electron chi connectivity index (χ2n) is 7.33. The largest absolute Gasteiger partial charge is 0.366 e. The van der Waals surface area contributed by atoms with E-state index in [0.717, 1.165) is 32.0 Å². The SMILES string of the molecule is B[C@@]1(c2ccc(-n3cc4cc(F)cc(C(N)=O)c4n3)cc2F)CCCNC1. The molecule has 0 radical (unpaired) electrons. The van der Waals surface area contributed by atoms with Crippen LogP contribution in [-0.4, -0.2) is 36.6 Å². The lowest BCUT2D eigenvalue weighted by molar-refractivity contribution is 0.100. The number of primary amides is 1. The number of nitrogens with one attached hydrogen (secondary N) is 1. The number of hydrogen-bond acceptors (Lipinski definition) is 3. The molecule has 1 amide bonds. The van der Waals surface area contributed by atoms with E-state index in [1.165, 1.54) is 16.8 Å². The second kappa shape index (κ2) is 6.46. The van der Waals surface area contributed by atoms with Gasteiger partial charge in [0.2, 0.25) is 0 Å². The molecule has 1 atom stereocenters. The number of hydrogen-bond donors (Lipinski definition) is 2. The first-order valence-electron chi connectivity index (χ1n) is 8.87. The lowest BCUT2D eigenvalue weighted by Gasteiger charge is -2.35. The summed E-state index contributed by atoms with van der Waals surface area (Å²) in [5, 5.41) is 7.82. The van der Waals surface area contributed by atoms with Gasteiger partial charge in [0.25, 0.3) is 5.91 Å². The molecule has 138 valence electrons. The summed E-state index contributed by atoms with van der Waals surface area (Å²) in [6.07, 6.45) is 3.48. The molecule has 3 N–H and O–H groups in total. The summed E-state index contributed by atoms with van der Waals surface area (Å²) in [6.45, 7) is 1.68. The molecule has 0 spiro atoms. The van der Waals surface area contributed by atoms with E-state index < -0.39 is 11.7 Å². The van der Waals surface area contributed by atoms with Crippen LogP contribution in [0.5, 0.6) is 0 Å². The summed E-state index contributed by atoms with van der Waals surface area (Å²) in [5.41, 5.74) is 6.77. The van der Waals surface area contributed by atoms with Crippen LogP contribution in [-0.2, 0) is 5.31 Å². The number of amides is 1. The van der Waals surface area contributed by atoms with Crippen LogP contribution in [0, 0.1) is 11.6 Å². The molecule has 2 heterocycles. The van der Waals surface area contributed by atoms with E-state index in [1.807, 2.05) is 0 Å². The van der Waals surface area contributed by atoms with Crippen molar-refractivity contribution >= 4 is 24.7 Å². The number of carbonyl (C=O) groups is 1. The van der Waals surface area contributed by atoms with Gasteiger partial charge in [-0.15, -0.1) is 0 Å². The van der Waals surface area contributed by atoms with Gasteiger partial charge < -0.3 is 11.1 Å². The standard InChI is InChI=1S/C19H19BF2N4O/c20-19(4-1-5-24-10-19)15-3-2-13(8-16(15)22)26-9-11-6-12(21)7-14(18(23)27)17(11)25-26/h2-3,6-9,24H,1,4-5,10,20H2,(H2,23,27)/t19-/m0/s1. The molecule has 3 aromatic rings. The molecule has 1 aromatic heterocycles. The monoisotopic (exact) mass is 368 g/mol. The third-order valence-corrected chi connectivity index (χ3v) is 5.30. The molecule has 4 rings (SSSR count). The van der Waals surface area contributed by atoms with E-state index in [0.29, 0.717) is 16.6 Å². The van der Waals surface area contributed by atoms with Crippen molar-refractivity contribution in [1.82, 2.24) is 15.1 Å². The lowest BCUT2D eigenvalue weighted by atomic mass is 9.60. The molecule has 0 saturated carbocycles. The fourth-order valence-electron chi connectivity index (χ4n) is 3.84. The topological polar surface area (TPSA) is 72.9 Å². The summed E-state index contributed by atoms with van der Waals surface area (Å²) in [5.74, 6) is -1.64. The van der Waals surface area contributed by atoms with Crippen LogP contribution < -0.4 is 11.1 Å². The Morgan fingerprint density at radius 3 is 2.78 bits per heavy atom. The van der Waals surface area contributed by atoms with E-state index in [9.17, 15) is 13.6 Å². The maximum absolute atomic E-state index is 14.9. The molecule has 0 bridgehead atoms. The molecule has 1 aliphatic heterocycles. The Morgan fingerprint density at radius 2 is 2.11 bits per heavy atom. The van der Waals surface area contributed by atoms with Crippen molar-refractivity contribution in [2.24, 2.45) is 5.73 Å². The van der Waals surface area contributed by atoms with E-state index in [4.69, 9.17) is 5.73 Å². The quantitative estimate of drug-likeness (QED) is 0.690. The maximum Gasteiger partial charge on any atom is 0.251 e. The number of nitrogens with two attached hydrogens (primary N) is 1. The van der Waals surface area contributed by atoms with Gasteiger partial charge in [0.15, 0.2) is 0 Å². The molecular formula is C19H19BF2N4O. The number of benzene rings is 2. The van der Waals surface area contributed by atoms with E-state index in [2.05, 4.69) is 18.3 Å². The van der Waals surface area contributed by atoms with Crippen molar-refractivity contribution in [3.63, 3.8) is 0 Å². The normalized spacial score (nSPS) is 20.1. The average Bonchev–Trinajstić information content (AvgIpc) is 3.05. The molecule has 8 heteroatoms. The van der Waals surface area contributed by atoms with Gasteiger partial charge in [-0.05, 0) is 61.1 Å². The second-order valence-corrected chi connectivity index (χ2v) is 7.33. The van der Waals surface area contributed by atoms with Crippen molar-refractivity contribution in [2.45, 2.75) is 18.2 Å². The number of carbonyl (C=O) groups excluding carboxylic acids is 1. The van der Waals surface area contributed by atoms with Crippen LogP contribution in [0.25, 0.3) is 16.6 Å². The predicted octanol–water partition coefficient (Wildman–Crippen LogP) is 1.61. The van der Waals surface area contributed by atoms with Gasteiger partial charge >= 0.3 is 0 Å². The highest BCUT2D eigenvalue weighted by Crippen LogP contribution is 2.31. The van der Waals surface area contributed by atoms with Crippen molar-refractivity contribution in [3.05, 3.63) is 59.3 Å². The minimum atomic E-state index is -0.760. The van der Waals surface area contributed by atoms with Gasteiger partial charge in [-0.3, -0.25) is 4.79 Å². The minimum Gasteiger partial charge on any atom is -0.366 e. The Hall–Kier alpha value is -2.74. The number of halogens is 2. The Labute approximate surface area is 155 Å². The summed E-state index contributed by atoms with van der Waals surface area (Å²) >= 11 is 0. The molecular weight excluding hydrogens is 349 g/mol. The molecule has 2 aromatic carbocycles. The highest BCUT2D eigenvalue weighted by Gasteiger charge is 2.31. The third-order valence-electron chi connectivity index (χ3n) is 5.30. The predicted molar refractivity (Wildman–Crippen MR) is 102 cm³/mol. The highest BCUT2D eigenvalue weighted by molar-refractivity contribution is 6.16. The maximum atomic E-state index is 14.9. The van der Waals surface area contributed by atoms with E-state index in [-0.39, 0.29) is 22.2 Å². The smallest absolute Gasteiger partial charge is 0.251 e. The molecule has 1 aliphatic rings. The van der Waals surface area contributed by atoms with Gasteiger partial charge in [0.1, 0.15) is 25.0 Å². The lowest BCUT2D eigenvalue weighted by Crippen LogP contribution is -2.44. The van der Waals surface area contributed by atoms with Crippen molar-refractivity contribution in [3.8, 4) is 5.69 Å². The van der Waals surface area contributed by atoms with Crippen LogP contribution in [0.4, 0.5) is 8.78 Å². The average molecular weight is 368 g/mol. The Kier molecular flexibility index (Phi) is 4.22. The molecule has 1 saturated heterocycles. The highest BCUT2D eigenvalue weighted by atomic mass is 19.1. The first-order valence-corrected chi connectivity index (χ1v) is 8.87. The number of nitrogens with zero attached hydrogens (tertiary/aromatic N) is 2. The molecule has 0 aliphatic carbocycles. The van der Waals surface area contributed by atoms with Gasteiger partial charge in [-0.1, -0.05) is 6.07 Å². The molecule has 1 fully saturated rings. The van der Waals surface area contributed by atoms with Crippen molar-refractivity contribution < 1.29 is 13.6 Å². The van der Waals surface area contributed by atoms with Crippen LogP contribution >= 0.6 is 0 Å². The molecule has 5 nitrogen and oxygen atoms in total. The minimum absolute atomic E-state index is 0.00151. The third kappa shape index (κ3) is 3.10. The van der Waals surface area contributed by atoms with Crippen LogP contribution in [0.2, 0.25) is 0 Å². The fraction of sp³-hybridized carbons (Fsp3) is 0.263. The number of rotatable bonds is 3. The summed E-state index contributed by atoms with van der Waals surface area (Å²) in [4.78, 5) is 11.6. The van der Waals surface area contributed by atoms with Crippen molar-refractivity contribution in [2.75, 3.05) is 13.1 Å². The van der Waals surface area contributed by atoms with E-state index >= 15 is 0 Å². The zero-order valence-electron chi connectivity index (χ0n) is 14.9. The van der Waals surface area contributed by atoms with Gasteiger partial charge in [-0.2, -0.15) is 5.10 Å². The Balaban J connectivity index is 1.77. The molecule has 0 unspecified atom stereocenters. The number of aromatic nitrogens is 2. The zero-order valence-corrected chi connectivity index (χ0v) is 14.9. The Bertz CT molecular complexity index is 1040. The van der Waals surface area contributed by atoms with Crippen LogP contribution in [0.3, 0.4) is 0 Å². The van der Waals surface area contributed by atoms with Gasteiger partial charge in [-0.25, -0.2) is 13.5 Å². The Morgan fingerprint density at radius 1 is 1.30 bits per heavy atom. The fourth-order valence-corrected chi connectivity index (χ4v) is 3.84. The zero-order chi connectivity index (χ0) is 19.2. The summed E-state index contributed by atoms with van der Waals surface area (Å²) < 4.78 is 30.0. The molecule has 27 heavy (non-hydrogen) atoms. The van der Waals surface area contributed by atoms with Gasteiger partial charge in [0.05, 0.1) is 11.3 Å². The van der Waals surface area contributed by atoms with Gasteiger partial charge in [0, 0.05) is 11.6 Å². The van der Waals surface area contributed by atoms with Crippen LogP contribution in [0.1, 0.15) is 28.8 Å². The first kappa shape index (κ1) is 17.7. The number of piperidine rings is 1. The van der Waals surface area contributed by atoms with Crippen molar-refractivity contribution in [1.29, 1.82) is 0 Å². The number of fused-ring (bicyclic) bond motifs is 1. The summed E-state index contributed by atoms with van der Waals surface area (Å²) in [7, 11) is 2.06.